The number of hydrogen-bond donors (Lipinski definition) is 0. The third-order valence-electron chi connectivity index (χ3n) is 3.45. The second kappa shape index (κ2) is 5.69. The van der Waals surface area contributed by atoms with Gasteiger partial charge in [0.15, 0.2) is 0 Å². The molecule has 0 radical (unpaired) electrons. The molecule has 18 heavy (non-hydrogen) atoms. The van der Waals surface area contributed by atoms with Gasteiger partial charge in [0.2, 0.25) is 11.8 Å². The zero-order chi connectivity index (χ0) is 13.1. The molecule has 0 aromatic rings. The number of fused-ring (bicyclic) bond motifs is 1. The molecule has 5 heteroatoms. The summed E-state index contributed by atoms with van der Waals surface area (Å²) in [7, 11) is 0. The topological polar surface area (TPSA) is 49.9 Å². The first kappa shape index (κ1) is 13.3. The average molecular weight is 254 g/mol. The standard InChI is InChI=1S/C13H22N2O3/c1-10(2)9-18-7-6-14-8-12(16)15-5-3-4-11(15)13(14)17/h10-11H,3-9H2,1-2H3. The highest BCUT2D eigenvalue weighted by atomic mass is 16.5. The minimum absolute atomic E-state index is 0.0842. The fraction of sp³-hybridized carbons (Fsp3) is 0.846. The largest absolute Gasteiger partial charge is 0.379 e. The van der Waals surface area contributed by atoms with Crippen molar-refractivity contribution in [2.24, 2.45) is 5.92 Å². The Morgan fingerprint density at radius 2 is 2.17 bits per heavy atom. The van der Waals surface area contributed by atoms with Crippen molar-refractivity contribution in [2.75, 3.05) is 32.8 Å². The number of amides is 2. The Morgan fingerprint density at radius 3 is 2.89 bits per heavy atom. The van der Waals surface area contributed by atoms with E-state index in [1.165, 1.54) is 0 Å². The molecule has 0 N–H and O–H groups in total. The number of nitrogens with zero attached hydrogens (tertiary/aromatic N) is 2. The van der Waals surface area contributed by atoms with E-state index in [9.17, 15) is 9.59 Å². The van der Waals surface area contributed by atoms with Crippen molar-refractivity contribution >= 4 is 11.8 Å². The molecule has 0 saturated carbocycles. The maximum atomic E-state index is 12.2. The number of hydrogen-bond acceptors (Lipinski definition) is 3. The smallest absolute Gasteiger partial charge is 0.245 e. The third kappa shape index (κ3) is 2.83. The molecule has 0 spiro atoms. The van der Waals surface area contributed by atoms with Gasteiger partial charge in [0, 0.05) is 19.7 Å². The first-order valence-corrected chi connectivity index (χ1v) is 6.75. The summed E-state index contributed by atoms with van der Waals surface area (Å²) in [5, 5.41) is 0. The van der Waals surface area contributed by atoms with Crippen LogP contribution in [0, 0.1) is 5.92 Å². The number of ether oxygens (including phenoxy) is 1. The fourth-order valence-corrected chi connectivity index (χ4v) is 2.55. The Morgan fingerprint density at radius 1 is 1.39 bits per heavy atom. The Kier molecular flexibility index (Phi) is 4.22. The molecule has 2 saturated heterocycles. The molecule has 2 aliphatic heterocycles. The van der Waals surface area contributed by atoms with Gasteiger partial charge in [-0.15, -0.1) is 0 Å². The molecular formula is C13H22N2O3. The summed E-state index contributed by atoms with van der Waals surface area (Å²) < 4.78 is 5.47. The van der Waals surface area contributed by atoms with Crippen molar-refractivity contribution in [2.45, 2.75) is 32.7 Å². The van der Waals surface area contributed by atoms with Gasteiger partial charge in [0.1, 0.15) is 6.04 Å². The number of piperazine rings is 1. The molecule has 0 aromatic carbocycles. The van der Waals surface area contributed by atoms with E-state index in [2.05, 4.69) is 13.8 Å². The third-order valence-corrected chi connectivity index (χ3v) is 3.45. The van der Waals surface area contributed by atoms with Gasteiger partial charge < -0.3 is 14.5 Å². The molecule has 5 nitrogen and oxygen atoms in total. The monoisotopic (exact) mass is 254 g/mol. The summed E-state index contributed by atoms with van der Waals surface area (Å²) in [5.74, 6) is 0.676. The maximum Gasteiger partial charge on any atom is 0.245 e. The van der Waals surface area contributed by atoms with Crippen molar-refractivity contribution in [1.29, 1.82) is 0 Å². The van der Waals surface area contributed by atoms with E-state index in [4.69, 9.17) is 4.74 Å². The van der Waals surface area contributed by atoms with Crippen LogP contribution in [0.4, 0.5) is 0 Å². The summed E-state index contributed by atoms with van der Waals surface area (Å²) in [6.07, 6.45) is 1.76. The van der Waals surface area contributed by atoms with E-state index in [1.807, 2.05) is 0 Å². The SMILES string of the molecule is CC(C)COCCN1CC(=O)N2CCCC2C1=O. The van der Waals surface area contributed by atoms with Crippen LogP contribution in [0.1, 0.15) is 26.7 Å². The van der Waals surface area contributed by atoms with E-state index >= 15 is 0 Å². The Balaban J connectivity index is 1.82. The molecule has 1 atom stereocenters. The minimum atomic E-state index is -0.198. The average Bonchev–Trinajstić information content (AvgIpc) is 2.80. The van der Waals surface area contributed by atoms with Crippen LogP contribution in [0.2, 0.25) is 0 Å². The van der Waals surface area contributed by atoms with Gasteiger partial charge in [0.05, 0.1) is 13.2 Å². The predicted octanol–water partition coefficient (Wildman–Crippen LogP) is 0.492. The summed E-state index contributed by atoms with van der Waals surface area (Å²) in [6.45, 7) is 6.89. The lowest BCUT2D eigenvalue weighted by atomic mass is 10.1. The van der Waals surface area contributed by atoms with Gasteiger partial charge in [-0.25, -0.2) is 0 Å². The normalized spacial score (nSPS) is 24.1. The molecule has 2 fully saturated rings. The molecule has 0 aromatic heterocycles. The second-order valence-corrected chi connectivity index (χ2v) is 5.47. The number of rotatable bonds is 5. The predicted molar refractivity (Wildman–Crippen MR) is 67.0 cm³/mol. The summed E-state index contributed by atoms with van der Waals surface area (Å²) in [4.78, 5) is 27.4. The Labute approximate surface area is 108 Å². The van der Waals surface area contributed by atoms with Crippen LogP contribution in [0.25, 0.3) is 0 Å². The van der Waals surface area contributed by atoms with Gasteiger partial charge in [-0.3, -0.25) is 9.59 Å². The van der Waals surface area contributed by atoms with Crippen LogP contribution in [0.5, 0.6) is 0 Å². The van der Waals surface area contributed by atoms with Gasteiger partial charge >= 0.3 is 0 Å². The molecule has 2 heterocycles. The lowest BCUT2D eigenvalue weighted by Crippen LogP contribution is -2.57. The van der Waals surface area contributed by atoms with E-state index in [-0.39, 0.29) is 24.4 Å². The van der Waals surface area contributed by atoms with Gasteiger partial charge in [-0.2, -0.15) is 0 Å². The van der Waals surface area contributed by atoms with Crippen LogP contribution >= 0.6 is 0 Å². The Bertz CT molecular complexity index is 330. The Hall–Kier alpha value is -1.10. The van der Waals surface area contributed by atoms with Crippen LogP contribution in [0.15, 0.2) is 0 Å². The molecule has 0 aliphatic carbocycles. The molecule has 102 valence electrons. The molecule has 2 aliphatic rings. The van der Waals surface area contributed by atoms with E-state index in [0.717, 1.165) is 19.4 Å². The van der Waals surface area contributed by atoms with Gasteiger partial charge in [0.25, 0.3) is 0 Å². The lowest BCUT2D eigenvalue weighted by molar-refractivity contribution is -0.154. The highest BCUT2D eigenvalue weighted by Crippen LogP contribution is 2.23. The first-order valence-electron chi connectivity index (χ1n) is 6.75. The zero-order valence-electron chi connectivity index (χ0n) is 11.2. The minimum Gasteiger partial charge on any atom is -0.379 e. The molecule has 2 amide bonds. The quantitative estimate of drug-likeness (QED) is 0.671. The van der Waals surface area contributed by atoms with Crippen LogP contribution in [0.3, 0.4) is 0 Å². The first-order chi connectivity index (χ1) is 8.59. The fourth-order valence-electron chi connectivity index (χ4n) is 2.55. The number of carbonyl (C=O) groups is 2. The van der Waals surface area contributed by atoms with Crippen molar-refractivity contribution in [1.82, 2.24) is 9.80 Å². The van der Waals surface area contributed by atoms with Crippen molar-refractivity contribution in [3.8, 4) is 0 Å². The summed E-state index contributed by atoms with van der Waals surface area (Å²) in [6, 6.07) is -0.198. The molecular weight excluding hydrogens is 232 g/mol. The highest BCUT2D eigenvalue weighted by molar-refractivity contribution is 5.95. The van der Waals surface area contributed by atoms with Crippen LogP contribution < -0.4 is 0 Å². The zero-order valence-corrected chi connectivity index (χ0v) is 11.2. The van der Waals surface area contributed by atoms with Gasteiger partial charge in [-0.1, -0.05) is 13.8 Å². The van der Waals surface area contributed by atoms with Crippen molar-refractivity contribution < 1.29 is 14.3 Å². The van der Waals surface area contributed by atoms with Gasteiger partial charge in [-0.05, 0) is 18.8 Å². The summed E-state index contributed by atoms with van der Waals surface area (Å²) >= 11 is 0. The van der Waals surface area contributed by atoms with Crippen LogP contribution in [-0.2, 0) is 14.3 Å². The van der Waals surface area contributed by atoms with Crippen LogP contribution in [-0.4, -0.2) is 60.5 Å². The van der Waals surface area contributed by atoms with Crippen molar-refractivity contribution in [3.63, 3.8) is 0 Å². The van der Waals surface area contributed by atoms with Crippen molar-refractivity contribution in [3.05, 3.63) is 0 Å². The molecule has 0 bridgehead atoms. The number of carbonyl (C=O) groups excluding carboxylic acids is 2. The van der Waals surface area contributed by atoms with E-state index in [1.54, 1.807) is 9.80 Å². The van der Waals surface area contributed by atoms with E-state index in [0.29, 0.717) is 25.7 Å². The summed E-state index contributed by atoms with van der Waals surface area (Å²) in [5.41, 5.74) is 0. The van der Waals surface area contributed by atoms with E-state index < -0.39 is 0 Å². The highest BCUT2D eigenvalue weighted by Gasteiger charge is 2.41. The molecule has 1 unspecified atom stereocenters. The lowest BCUT2D eigenvalue weighted by Gasteiger charge is -2.36. The molecule has 2 rings (SSSR count). The second-order valence-electron chi connectivity index (χ2n) is 5.47. The maximum absolute atomic E-state index is 12.2.